The molecule has 1 saturated carbocycles. The fraction of sp³-hybridized carbons (Fsp3) is 0.556. The molecule has 0 spiro atoms. The lowest BCUT2D eigenvalue weighted by molar-refractivity contribution is -0.136. The molecular weight excluding hydrogens is 290 g/mol. The zero-order valence-corrected chi connectivity index (χ0v) is 13.9. The zero-order valence-electron chi connectivity index (χ0n) is 13.9. The van der Waals surface area contributed by atoms with Gasteiger partial charge in [-0.05, 0) is 37.8 Å². The number of aryl methyl sites for hydroxylation is 1. The normalized spacial score (nSPS) is 21.5. The first kappa shape index (κ1) is 16.0. The summed E-state index contributed by atoms with van der Waals surface area (Å²) in [4.78, 5) is 22.2. The van der Waals surface area contributed by atoms with Crippen molar-refractivity contribution in [2.24, 2.45) is 5.92 Å². The number of rotatable bonds is 4. The molecule has 1 fully saturated rings. The molecule has 3 rings (SSSR count). The van der Waals surface area contributed by atoms with Gasteiger partial charge in [0.05, 0.1) is 17.1 Å². The van der Waals surface area contributed by atoms with E-state index in [9.17, 15) is 9.90 Å². The summed E-state index contributed by atoms with van der Waals surface area (Å²) in [5, 5.41) is 9.74. The summed E-state index contributed by atoms with van der Waals surface area (Å²) in [5.74, 6) is 1.04. The van der Waals surface area contributed by atoms with Crippen molar-refractivity contribution in [3.8, 4) is 0 Å². The lowest BCUT2D eigenvalue weighted by Crippen LogP contribution is -2.37. The molecule has 0 radical (unpaired) electrons. The summed E-state index contributed by atoms with van der Waals surface area (Å²) in [6.45, 7) is 2.70. The fourth-order valence-corrected chi connectivity index (χ4v) is 3.43. The van der Waals surface area contributed by atoms with E-state index in [2.05, 4.69) is 23.0 Å². The number of hydrogen-bond acceptors (Lipinski definition) is 3. The van der Waals surface area contributed by atoms with E-state index in [1.165, 1.54) is 0 Å². The number of aromatic nitrogens is 2. The lowest BCUT2D eigenvalue weighted by atomic mass is 9.86. The maximum atomic E-state index is 12.5. The van der Waals surface area contributed by atoms with E-state index < -0.39 is 0 Å². The minimum Gasteiger partial charge on any atom is -0.393 e. The number of hydrogen-bond donors (Lipinski definition) is 2. The summed E-state index contributed by atoms with van der Waals surface area (Å²) in [5.41, 5.74) is 3.21. The van der Waals surface area contributed by atoms with Gasteiger partial charge in [0, 0.05) is 25.9 Å². The number of aromatic amines is 1. The quantitative estimate of drug-likeness (QED) is 0.910. The van der Waals surface area contributed by atoms with Crippen LogP contribution in [0, 0.1) is 12.8 Å². The highest BCUT2D eigenvalue weighted by Gasteiger charge is 2.28. The Morgan fingerprint density at radius 3 is 3.00 bits per heavy atom. The number of likely N-dealkylation sites (N-methyl/N-ethyl adjacent to an activating group) is 1. The molecule has 1 aromatic heterocycles. The Morgan fingerprint density at radius 1 is 1.43 bits per heavy atom. The molecule has 1 aliphatic rings. The van der Waals surface area contributed by atoms with Gasteiger partial charge in [-0.1, -0.05) is 18.6 Å². The molecule has 1 aliphatic carbocycles. The van der Waals surface area contributed by atoms with Crippen molar-refractivity contribution in [1.82, 2.24) is 14.9 Å². The van der Waals surface area contributed by atoms with Gasteiger partial charge in [0.25, 0.3) is 0 Å². The fourth-order valence-electron chi connectivity index (χ4n) is 3.43. The maximum Gasteiger partial charge on any atom is 0.225 e. The second kappa shape index (κ2) is 6.71. The number of carbonyl (C=O) groups excluding carboxylic acids is 1. The summed E-state index contributed by atoms with van der Waals surface area (Å²) in [6, 6.07) is 6.10. The lowest BCUT2D eigenvalue weighted by Gasteiger charge is -2.28. The summed E-state index contributed by atoms with van der Waals surface area (Å²) in [7, 11) is 1.84. The van der Waals surface area contributed by atoms with Gasteiger partial charge in [-0.2, -0.15) is 0 Å². The minimum absolute atomic E-state index is 0.0262. The smallest absolute Gasteiger partial charge is 0.225 e. The van der Waals surface area contributed by atoms with Crippen LogP contribution < -0.4 is 0 Å². The Morgan fingerprint density at radius 2 is 2.26 bits per heavy atom. The van der Waals surface area contributed by atoms with Gasteiger partial charge in [-0.15, -0.1) is 0 Å². The number of fused-ring (bicyclic) bond motifs is 1. The van der Waals surface area contributed by atoms with Gasteiger partial charge in [0.2, 0.25) is 5.91 Å². The standard InChI is InChI=1S/C18H25N3O2/c1-12-5-3-8-15-17(12)20-16(19-15)9-10-21(2)18(23)13-6-4-7-14(22)11-13/h3,5,8,13-14,22H,4,6-7,9-11H2,1-2H3,(H,19,20)/t13-,14+/m0/s1. The number of aliphatic hydroxyl groups is 1. The number of para-hydroxylation sites is 1. The van der Waals surface area contributed by atoms with Crippen molar-refractivity contribution in [3.63, 3.8) is 0 Å². The number of H-pyrrole nitrogens is 1. The van der Waals surface area contributed by atoms with Crippen molar-refractivity contribution in [2.45, 2.75) is 45.1 Å². The van der Waals surface area contributed by atoms with Crippen LogP contribution in [0.4, 0.5) is 0 Å². The van der Waals surface area contributed by atoms with Crippen molar-refractivity contribution in [2.75, 3.05) is 13.6 Å². The molecule has 23 heavy (non-hydrogen) atoms. The first-order valence-electron chi connectivity index (χ1n) is 8.42. The molecule has 1 heterocycles. The van der Waals surface area contributed by atoms with Crippen LogP contribution in [0.25, 0.3) is 11.0 Å². The number of carbonyl (C=O) groups is 1. The monoisotopic (exact) mass is 315 g/mol. The average Bonchev–Trinajstić information content (AvgIpc) is 2.96. The van der Waals surface area contributed by atoms with E-state index in [-0.39, 0.29) is 17.9 Å². The first-order valence-corrected chi connectivity index (χ1v) is 8.42. The second-order valence-corrected chi connectivity index (χ2v) is 6.68. The van der Waals surface area contributed by atoms with E-state index in [0.717, 1.165) is 41.7 Å². The molecule has 2 aromatic rings. The highest BCUT2D eigenvalue weighted by Crippen LogP contribution is 2.25. The number of nitrogens with one attached hydrogen (secondary N) is 1. The van der Waals surface area contributed by atoms with Crippen LogP contribution in [-0.4, -0.2) is 45.6 Å². The number of imidazole rings is 1. The van der Waals surface area contributed by atoms with Crippen LogP contribution >= 0.6 is 0 Å². The molecule has 124 valence electrons. The molecule has 2 atom stereocenters. The number of aliphatic hydroxyl groups excluding tert-OH is 1. The van der Waals surface area contributed by atoms with Gasteiger partial charge >= 0.3 is 0 Å². The molecule has 5 nitrogen and oxygen atoms in total. The van der Waals surface area contributed by atoms with Gasteiger partial charge < -0.3 is 15.0 Å². The van der Waals surface area contributed by atoms with Gasteiger partial charge in [-0.3, -0.25) is 4.79 Å². The van der Waals surface area contributed by atoms with Gasteiger partial charge in [0.1, 0.15) is 5.82 Å². The Hall–Kier alpha value is -1.88. The second-order valence-electron chi connectivity index (χ2n) is 6.68. The Balaban J connectivity index is 1.60. The van der Waals surface area contributed by atoms with E-state index in [1.807, 2.05) is 19.2 Å². The molecule has 1 aromatic carbocycles. The van der Waals surface area contributed by atoms with Gasteiger partial charge in [0.15, 0.2) is 0 Å². The summed E-state index contributed by atoms with van der Waals surface area (Å²) in [6.07, 6.45) is 3.66. The summed E-state index contributed by atoms with van der Waals surface area (Å²) >= 11 is 0. The van der Waals surface area contributed by atoms with E-state index >= 15 is 0 Å². The van der Waals surface area contributed by atoms with E-state index in [4.69, 9.17) is 0 Å². The van der Waals surface area contributed by atoms with Crippen LogP contribution in [0.2, 0.25) is 0 Å². The highest BCUT2D eigenvalue weighted by molar-refractivity contribution is 5.79. The number of amides is 1. The van der Waals surface area contributed by atoms with Crippen LogP contribution in [0.5, 0.6) is 0 Å². The molecule has 0 unspecified atom stereocenters. The molecule has 2 N–H and O–H groups in total. The third kappa shape index (κ3) is 3.55. The van der Waals surface area contributed by atoms with E-state index in [0.29, 0.717) is 19.4 Å². The Labute approximate surface area is 136 Å². The summed E-state index contributed by atoms with van der Waals surface area (Å²) < 4.78 is 0. The van der Waals surface area contributed by atoms with Crippen molar-refractivity contribution in [1.29, 1.82) is 0 Å². The van der Waals surface area contributed by atoms with Crippen molar-refractivity contribution in [3.05, 3.63) is 29.6 Å². The third-order valence-corrected chi connectivity index (χ3v) is 4.82. The van der Waals surface area contributed by atoms with Crippen molar-refractivity contribution >= 4 is 16.9 Å². The molecule has 1 amide bonds. The molecular formula is C18H25N3O2. The topological polar surface area (TPSA) is 69.2 Å². The minimum atomic E-state index is -0.315. The van der Waals surface area contributed by atoms with Crippen LogP contribution in [0.15, 0.2) is 18.2 Å². The number of nitrogens with zero attached hydrogens (tertiary/aromatic N) is 2. The molecule has 5 heteroatoms. The Bertz CT molecular complexity index is 695. The van der Waals surface area contributed by atoms with Crippen molar-refractivity contribution < 1.29 is 9.90 Å². The van der Waals surface area contributed by atoms with Crippen LogP contribution in [-0.2, 0) is 11.2 Å². The molecule has 0 saturated heterocycles. The maximum absolute atomic E-state index is 12.5. The third-order valence-electron chi connectivity index (χ3n) is 4.82. The molecule has 0 bridgehead atoms. The van der Waals surface area contributed by atoms with Crippen LogP contribution in [0.3, 0.4) is 0 Å². The largest absolute Gasteiger partial charge is 0.393 e. The molecule has 0 aliphatic heterocycles. The number of benzene rings is 1. The van der Waals surface area contributed by atoms with Gasteiger partial charge in [-0.25, -0.2) is 4.98 Å². The zero-order chi connectivity index (χ0) is 16.4. The highest BCUT2D eigenvalue weighted by atomic mass is 16.3. The Kier molecular flexibility index (Phi) is 4.66. The average molecular weight is 315 g/mol. The van der Waals surface area contributed by atoms with E-state index in [1.54, 1.807) is 4.90 Å². The SMILES string of the molecule is Cc1cccc2[nH]c(CCN(C)C(=O)[C@H]3CCC[C@@H](O)C3)nc12. The first-order chi connectivity index (χ1) is 11.0. The predicted octanol–water partition coefficient (Wildman–Crippen LogP) is 2.42. The van der Waals surface area contributed by atoms with Crippen LogP contribution in [0.1, 0.15) is 37.1 Å². The predicted molar refractivity (Wildman–Crippen MR) is 90.1 cm³/mol.